The molecule has 5 aliphatic rings. The Bertz CT molecular complexity index is 785. The lowest BCUT2D eigenvalue weighted by Gasteiger charge is -2.66. The highest BCUT2D eigenvalue weighted by Gasteiger charge is 2.74. The lowest BCUT2D eigenvalue weighted by molar-refractivity contribution is -0.193. The summed E-state index contributed by atoms with van der Waals surface area (Å²) in [4.78, 5) is 29.5. The molecule has 4 fully saturated rings. The van der Waals surface area contributed by atoms with Crippen LogP contribution in [0.2, 0.25) is 0 Å². The first-order valence-electron chi connectivity index (χ1n) is 9.82. The zero-order valence-corrected chi connectivity index (χ0v) is 15.5. The fourth-order valence-electron chi connectivity index (χ4n) is 6.75. The largest absolute Gasteiger partial charge is 0.468 e. The molecule has 5 nitrogen and oxygen atoms in total. The third kappa shape index (κ3) is 1.70. The van der Waals surface area contributed by atoms with Crippen LogP contribution < -0.4 is 5.32 Å². The predicted octanol–water partition coefficient (Wildman–Crippen LogP) is 2.72. The summed E-state index contributed by atoms with van der Waals surface area (Å²) in [6.45, 7) is 4.12. The van der Waals surface area contributed by atoms with Crippen LogP contribution in [0.5, 0.6) is 0 Å². The minimum atomic E-state index is -0.864. The number of methoxy groups -OCH3 is 1. The van der Waals surface area contributed by atoms with Crippen LogP contribution in [0.3, 0.4) is 0 Å². The normalized spacial score (nSPS) is 42.5. The van der Waals surface area contributed by atoms with Crippen molar-refractivity contribution in [2.75, 3.05) is 25.5 Å². The second kappa shape index (κ2) is 5.32. The Hall–Kier alpha value is -1.88. The van der Waals surface area contributed by atoms with Crippen LogP contribution in [0, 0.1) is 17.3 Å². The van der Waals surface area contributed by atoms with Crippen LogP contribution in [0.4, 0.5) is 5.69 Å². The Balaban J connectivity index is 1.72. The van der Waals surface area contributed by atoms with E-state index in [9.17, 15) is 9.59 Å². The van der Waals surface area contributed by atoms with Gasteiger partial charge in [-0.15, -0.1) is 0 Å². The third-order valence-electron chi connectivity index (χ3n) is 7.60. The summed E-state index contributed by atoms with van der Waals surface area (Å²) in [7, 11) is 1.47. The number of hydrogen-bond donors (Lipinski definition) is 1. The third-order valence-corrected chi connectivity index (χ3v) is 7.60. The summed E-state index contributed by atoms with van der Waals surface area (Å²) in [6, 6.07) is 7.77. The van der Waals surface area contributed by atoms with E-state index in [1.54, 1.807) is 0 Å². The van der Waals surface area contributed by atoms with Gasteiger partial charge in [0.1, 0.15) is 11.0 Å². The average Bonchev–Trinajstić information content (AvgIpc) is 2.97. The number of ketones is 1. The molecule has 1 N–H and O–H groups in total. The van der Waals surface area contributed by atoms with E-state index < -0.39 is 11.0 Å². The molecule has 6 rings (SSSR count). The van der Waals surface area contributed by atoms with Gasteiger partial charge in [-0.25, -0.2) is 0 Å². The predicted molar refractivity (Wildman–Crippen MR) is 98.1 cm³/mol. The fraction of sp³-hybridized carbons (Fsp3) is 0.619. The van der Waals surface area contributed by atoms with Crippen molar-refractivity contribution >= 4 is 17.4 Å². The number of hydrogen-bond acceptors (Lipinski definition) is 5. The number of para-hydroxylation sites is 1. The molecule has 4 heterocycles. The van der Waals surface area contributed by atoms with Gasteiger partial charge in [-0.05, 0) is 43.2 Å². The maximum atomic E-state index is 13.7. The highest BCUT2D eigenvalue weighted by atomic mass is 16.5. The van der Waals surface area contributed by atoms with E-state index in [4.69, 9.17) is 4.74 Å². The lowest BCUT2D eigenvalue weighted by atomic mass is 9.47. The maximum Gasteiger partial charge on any atom is 0.316 e. The van der Waals surface area contributed by atoms with Crippen LogP contribution in [-0.2, 0) is 9.53 Å². The number of benzene rings is 1. The number of esters is 1. The average molecular weight is 354 g/mol. The van der Waals surface area contributed by atoms with Crippen molar-refractivity contribution < 1.29 is 14.3 Å². The van der Waals surface area contributed by atoms with Crippen molar-refractivity contribution in [2.45, 2.75) is 44.2 Å². The number of fused-ring (bicyclic) bond motifs is 2. The first kappa shape index (κ1) is 16.3. The monoisotopic (exact) mass is 354 g/mol. The molecule has 1 spiro atoms. The van der Waals surface area contributed by atoms with Gasteiger partial charge in [-0.1, -0.05) is 25.5 Å². The SMILES string of the molecule is CC[C@H]1C[C@H]2CN3CC[C@@]4(Nc5ccccc5C4=O)[C@](C(=O)OC)(C2)[C@H]13. The Labute approximate surface area is 154 Å². The summed E-state index contributed by atoms with van der Waals surface area (Å²) in [5.74, 6) is 0.779. The Kier molecular flexibility index (Phi) is 3.34. The van der Waals surface area contributed by atoms with Gasteiger partial charge in [-0.2, -0.15) is 0 Å². The van der Waals surface area contributed by atoms with Crippen molar-refractivity contribution in [3.8, 4) is 0 Å². The van der Waals surface area contributed by atoms with Gasteiger partial charge < -0.3 is 10.1 Å². The summed E-state index contributed by atoms with van der Waals surface area (Å²) in [5, 5.41) is 3.56. The van der Waals surface area contributed by atoms with Crippen LogP contribution in [0.25, 0.3) is 0 Å². The van der Waals surface area contributed by atoms with Crippen molar-refractivity contribution in [3.05, 3.63) is 29.8 Å². The quantitative estimate of drug-likeness (QED) is 0.828. The summed E-state index contributed by atoms with van der Waals surface area (Å²) in [5.41, 5.74) is -0.0717. The van der Waals surface area contributed by atoms with Gasteiger partial charge in [0.05, 0.1) is 7.11 Å². The second-order valence-electron chi connectivity index (χ2n) is 8.53. The number of nitrogens with zero attached hydrogens (tertiary/aromatic N) is 1. The zero-order valence-electron chi connectivity index (χ0n) is 15.5. The molecule has 1 unspecified atom stereocenters. The van der Waals surface area contributed by atoms with E-state index in [-0.39, 0.29) is 17.8 Å². The minimum absolute atomic E-state index is 0.0838. The number of ether oxygens (including phenoxy) is 1. The maximum absolute atomic E-state index is 13.7. The van der Waals surface area contributed by atoms with E-state index in [0.717, 1.165) is 43.6 Å². The van der Waals surface area contributed by atoms with E-state index >= 15 is 0 Å². The van der Waals surface area contributed by atoms with Crippen molar-refractivity contribution in [3.63, 3.8) is 0 Å². The van der Waals surface area contributed by atoms with Gasteiger partial charge in [0.2, 0.25) is 0 Å². The highest BCUT2D eigenvalue weighted by molar-refractivity contribution is 6.16. The molecule has 4 bridgehead atoms. The van der Waals surface area contributed by atoms with Gasteiger partial charge in [0, 0.05) is 30.4 Å². The molecule has 3 saturated heterocycles. The molecule has 1 aromatic rings. The molecule has 5 heteroatoms. The molecule has 6 atom stereocenters. The zero-order chi connectivity index (χ0) is 18.1. The smallest absolute Gasteiger partial charge is 0.316 e. The number of rotatable bonds is 2. The van der Waals surface area contributed by atoms with E-state index in [2.05, 4.69) is 17.1 Å². The first-order valence-corrected chi connectivity index (χ1v) is 9.82. The van der Waals surface area contributed by atoms with E-state index in [1.807, 2.05) is 24.3 Å². The molecule has 4 aliphatic heterocycles. The Morgan fingerprint density at radius 3 is 2.92 bits per heavy atom. The number of carbonyl (C=O) groups is 2. The summed E-state index contributed by atoms with van der Waals surface area (Å²) < 4.78 is 5.39. The van der Waals surface area contributed by atoms with Crippen LogP contribution in [0.15, 0.2) is 24.3 Å². The molecule has 1 saturated carbocycles. The van der Waals surface area contributed by atoms with E-state index in [0.29, 0.717) is 18.3 Å². The van der Waals surface area contributed by atoms with Gasteiger partial charge in [0.25, 0.3) is 0 Å². The van der Waals surface area contributed by atoms with Crippen molar-refractivity contribution in [2.24, 2.45) is 17.3 Å². The number of nitrogens with one attached hydrogen (secondary N) is 1. The van der Waals surface area contributed by atoms with Crippen LogP contribution in [-0.4, -0.2) is 48.4 Å². The highest BCUT2D eigenvalue weighted by Crippen LogP contribution is 2.62. The topological polar surface area (TPSA) is 58.6 Å². The number of piperidine rings is 3. The molecule has 1 aliphatic carbocycles. The fourth-order valence-corrected chi connectivity index (χ4v) is 6.75. The molecule has 0 amide bonds. The van der Waals surface area contributed by atoms with Gasteiger partial charge in [-0.3, -0.25) is 14.5 Å². The molecular formula is C21H26N2O3. The minimum Gasteiger partial charge on any atom is -0.468 e. The molecule has 0 aromatic heterocycles. The summed E-state index contributed by atoms with van der Waals surface area (Å²) in [6.07, 6.45) is 3.61. The summed E-state index contributed by atoms with van der Waals surface area (Å²) >= 11 is 0. The molecular weight excluding hydrogens is 328 g/mol. The van der Waals surface area contributed by atoms with Gasteiger partial charge in [0.15, 0.2) is 5.78 Å². The van der Waals surface area contributed by atoms with E-state index in [1.165, 1.54) is 7.11 Å². The standard InChI is InChI=1S/C21H26N2O3/c1-3-14-10-13-11-20(19(25)26-2)17(14)23(12-13)9-8-21(20)18(24)15-6-4-5-7-16(15)22-21/h4-7,13-14,17,22H,3,8-12H2,1-2H3/t13-,14+,17+,20-,21+/m1/s1. The molecule has 26 heavy (non-hydrogen) atoms. The first-order chi connectivity index (χ1) is 12.6. The number of Topliss-reactive ketones (excluding diaryl/α,β-unsaturated/α-hetero) is 1. The van der Waals surface area contributed by atoms with Gasteiger partial charge >= 0.3 is 5.97 Å². The molecule has 1 aromatic carbocycles. The number of anilines is 1. The van der Waals surface area contributed by atoms with Crippen LogP contribution >= 0.6 is 0 Å². The molecule has 0 radical (unpaired) electrons. The van der Waals surface area contributed by atoms with Crippen molar-refractivity contribution in [1.82, 2.24) is 4.90 Å². The second-order valence-corrected chi connectivity index (χ2v) is 8.53. The number of carbonyl (C=O) groups excluding carboxylic acids is 2. The Morgan fingerprint density at radius 2 is 2.19 bits per heavy atom. The molecule has 138 valence electrons. The van der Waals surface area contributed by atoms with Crippen molar-refractivity contribution in [1.29, 1.82) is 0 Å². The lowest BCUT2D eigenvalue weighted by Crippen LogP contribution is -2.79. The Morgan fingerprint density at radius 1 is 1.38 bits per heavy atom. The van der Waals surface area contributed by atoms with Crippen LogP contribution in [0.1, 0.15) is 43.0 Å².